The Balaban J connectivity index is 2.24. The number of nitriles is 1. The van der Waals surface area contributed by atoms with Crippen LogP contribution in [0.4, 0.5) is 0 Å². The van der Waals surface area contributed by atoms with Gasteiger partial charge in [-0.05, 0) is 18.9 Å². The third kappa shape index (κ3) is 2.69. The molecule has 0 bridgehead atoms. The molecule has 0 radical (unpaired) electrons. The fourth-order valence-corrected chi connectivity index (χ4v) is 2.35. The Morgan fingerprint density at radius 3 is 2.78 bits per heavy atom. The van der Waals surface area contributed by atoms with Crippen LogP contribution in [-0.2, 0) is 0 Å². The number of nitrogens with zero attached hydrogens (tertiary/aromatic N) is 1. The molecule has 0 amide bonds. The van der Waals surface area contributed by atoms with E-state index in [4.69, 9.17) is 26.3 Å². The van der Waals surface area contributed by atoms with Gasteiger partial charge in [-0.1, -0.05) is 11.6 Å². The maximum absolute atomic E-state index is 9.47. The van der Waals surface area contributed by atoms with Crippen LogP contribution in [0.15, 0.2) is 12.1 Å². The van der Waals surface area contributed by atoms with Crippen molar-refractivity contribution in [3.8, 4) is 17.6 Å². The first-order valence-corrected chi connectivity index (χ1v) is 6.14. The third-order valence-corrected chi connectivity index (χ3v) is 3.28. The summed E-state index contributed by atoms with van der Waals surface area (Å²) in [6.45, 7) is 0. The predicted octanol–water partition coefficient (Wildman–Crippen LogP) is 2.51. The normalized spacial score (nSPS) is 22.6. The standard InChI is InChI=1S/C13H14ClNO3/c1-17-12-5-8(7-15)4-11(14)13(12)18-10-3-2-9(16)6-10/h4-5,9-10,16H,2-3,6H2,1H3. The highest BCUT2D eigenvalue weighted by Crippen LogP contribution is 2.38. The van der Waals surface area contributed by atoms with Crippen LogP contribution in [0, 0.1) is 11.3 Å². The first-order valence-electron chi connectivity index (χ1n) is 5.76. The van der Waals surface area contributed by atoms with Crippen LogP contribution < -0.4 is 9.47 Å². The summed E-state index contributed by atoms with van der Waals surface area (Å²) in [4.78, 5) is 0. The highest BCUT2D eigenvalue weighted by atomic mass is 35.5. The smallest absolute Gasteiger partial charge is 0.180 e. The minimum Gasteiger partial charge on any atom is -0.493 e. The number of benzene rings is 1. The summed E-state index contributed by atoms with van der Waals surface area (Å²) >= 11 is 6.09. The molecule has 0 spiro atoms. The van der Waals surface area contributed by atoms with Crippen molar-refractivity contribution in [2.24, 2.45) is 0 Å². The van der Waals surface area contributed by atoms with Gasteiger partial charge in [0.05, 0.1) is 29.9 Å². The molecule has 1 fully saturated rings. The van der Waals surface area contributed by atoms with Gasteiger partial charge >= 0.3 is 0 Å². The zero-order valence-electron chi connectivity index (χ0n) is 10.0. The van der Waals surface area contributed by atoms with Gasteiger partial charge in [-0.2, -0.15) is 5.26 Å². The summed E-state index contributed by atoms with van der Waals surface area (Å²) in [7, 11) is 1.50. The van der Waals surface area contributed by atoms with Gasteiger partial charge < -0.3 is 14.6 Å². The molecular formula is C13H14ClNO3. The quantitative estimate of drug-likeness (QED) is 0.914. The van der Waals surface area contributed by atoms with Crippen LogP contribution >= 0.6 is 11.6 Å². The maximum atomic E-state index is 9.47. The van der Waals surface area contributed by atoms with E-state index in [2.05, 4.69) is 0 Å². The highest BCUT2D eigenvalue weighted by Gasteiger charge is 2.26. The molecule has 2 unspecified atom stereocenters. The summed E-state index contributed by atoms with van der Waals surface area (Å²) < 4.78 is 11.0. The first-order chi connectivity index (χ1) is 8.63. The second kappa shape index (κ2) is 5.47. The monoisotopic (exact) mass is 267 g/mol. The van der Waals surface area contributed by atoms with Crippen molar-refractivity contribution in [2.45, 2.75) is 31.5 Å². The lowest BCUT2D eigenvalue weighted by molar-refractivity contribution is 0.147. The van der Waals surface area contributed by atoms with E-state index in [9.17, 15) is 5.11 Å². The number of aliphatic hydroxyl groups excluding tert-OH is 1. The van der Waals surface area contributed by atoms with E-state index in [0.717, 1.165) is 12.8 Å². The van der Waals surface area contributed by atoms with Gasteiger partial charge in [-0.3, -0.25) is 0 Å². The molecule has 1 aliphatic rings. The minimum absolute atomic E-state index is 0.0562. The molecule has 96 valence electrons. The van der Waals surface area contributed by atoms with Crippen molar-refractivity contribution in [3.63, 3.8) is 0 Å². The Hall–Kier alpha value is -1.44. The molecular weight excluding hydrogens is 254 g/mol. The fraction of sp³-hybridized carbons (Fsp3) is 0.462. The average Bonchev–Trinajstić information content (AvgIpc) is 2.77. The number of rotatable bonds is 3. The van der Waals surface area contributed by atoms with Crippen LogP contribution in [0.1, 0.15) is 24.8 Å². The summed E-state index contributed by atoms with van der Waals surface area (Å²) in [6, 6.07) is 5.15. The number of halogens is 1. The van der Waals surface area contributed by atoms with Crippen molar-refractivity contribution in [1.82, 2.24) is 0 Å². The van der Waals surface area contributed by atoms with Crippen LogP contribution in [0.5, 0.6) is 11.5 Å². The van der Waals surface area contributed by atoms with Gasteiger partial charge in [0.2, 0.25) is 0 Å². The number of hydrogen-bond acceptors (Lipinski definition) is 4. The van der Waals surface area contributed by atoms with Gasteiger partial charge in [0.25, 0.3) is 0 Å². The van der Waals surface area contributed by atoms with E-state index >= 15 is 0 Å². The second-order valence-electron chi connectivity index (χ2n) is 4.31. The largest absolute Gasteiger partial charge is 0.493 e. The van der Waals surface area contributed by atoms with E-state index in [1.165, 1.54) is 7.11 Å². The van der Waals surface area contributed by atoms with Crippen molar-refractivity contribution in [3.05, 3.63) is 22.7 Å². The molecule has 5 heteroatoms. The van der Waals surface area contributed by atoms with Gasteiger partial charge in [0.1, 0.15) is 6.10 Å². The molecule has 1 aromatic carbocycles. The van der Waals surface area contributed by atoms with Gasteiger partial charge in [-0.25, -0.2) is 0 Å². The predicted molar refractivity (Wildman–Crippen MR) is 67.0 cm³/mol. The maximum Gasteiger partial charge on any atom is 0.180 e. The Morgan fingerprint density at radius 2 is 2.22 bits per heavy atom. The molecule has 2 rings (SSSR count). The highest BCUT2D eigenvalue weighted by molar-refractivity contribution is 6.32. The van der Waals surface area contributed by atoms with Crippen LogP contribution in [-0.4, -0.2) is 24.4 Å². The molecule has 1 aliphatic carbocycles. The molecule has 1 saturated carbocycles. The van der Waals surface area contributed by atoms with Crippen LogP contribution in [0.3, 0.4) is 0 Å². The Bertz CT molecular complexity index is 484. The Labute approximate surface area is 111 Å². The van der Waals surface area contributed by atoms with Gasteiger partial charge in [0.15, 0.2) is 11.5 Å². The molecule has 0 aromatic heterocycles. The number of ether oxygens (including phenoxy) is 2. The van der Waals surface area contributed by atoms with Crippen molar-refractivity contribution >= 4 is 11.6 Å². The Kier molecular flexibility index (Phi) is 3.95. The topological polar surface area (TPSA) is 62.5 Å². The summed E-state index contributed by atoms with van der Waals surface area (Å²) in [5.41, 5.74) is 0.427. The molecule has 1 N–H and O–H groups in total. The zero-order chi connectivity index (χ0) is 13.1. The molecule has 4 nitrogen and oxygen atoms in total. The Morgan fingerprint density at radius 1 is 1.44 bits per heavy atom. The van der Waals surface area contributed by atoms with Crippen LogP contribution in [0.25, 0.3) is 0 Å². The fourth-order valence-electron chi connectivity index (χ4n) is 2.09. The molecule has 0 saturated heterocycles. The molecule has 2 atom stereocenters. The van der Waals surface area contributed by atoms with E-state index < -0.39 is 0 Å². The second-order valence-corrected chi connectivity index (χ2v) is 4.72. The number of aliphatic hydroxyl groups is 1. The lowest BCUT2D eigenvalue weighted by Crippen LogP contribution is -2.14. The van der Waals surface area contributed by atoms with Gasteiger partial charge in [0, 0.05) is 12.5 Å². The number of methoxy groups -OCH3 is 1. The lowest BCUT2D eigenvalue weighted by Gasteiger charge is -2.17. The molecule has 18 heavy (non-hydrogen) atoms. The van der Waals surface area contributed by atoms with Crippen molar-refractivity contribution in [1.29, 1.82) is 5.26 Å². The third-order valence-electron chi connectivity index (χ3n) is 3.00. The first kappa shape index (κ1) is 13.0. The summed E-state index contributed by atoms with van der Waals surface area (Å²) in [6.07, 6.45) is 1.76. The zero-order valence-corrected chi connectivity index (χ0v) is 10.8. The lowest BCUT2D eigenvalue weighted by atomic mass is 10.2. The summed E-state index contributed by atoms with van der Waals surface area (Å²) in [5.74, 6) is 0.887. The SMILES string of the molecule is COc1cc(C#N)cc(Cl)c1OC1CCC(O)C1. The van der Waals surface area contributed by atoms with E-state index in [-0.39, 0.29) is 12.2 Å². The minimum atomic E-state index is -0.307. The van der Waals surface area contributed by atoms with Crippen molar-refractivity contribution in [2.75, 3.05) is 7.11 Å². The van der Waals surface area contributed by atoms with Gasteiger partial charge in [-0.15, -0.1) is 0 Å². The van der Waals surface area contributed by atoms with Crippen molar-refractivity contribution < 1.29 is 14.6 Å². The molecule has 1 aromatic rings. The number of hydrogen-bond donors (Lipinski definition) is 1. The average molecular weight is 268 g/mol. The molecule has 0 aliphatic heterocycles. The molecule has 0 heterocycles. The van der Waals surface area contributed by atoms with E-state index in [1.807, 2.05) is 6.07 Å². The van der Waals surface area contributed by atoms with Crippen LogP contribution in [0.2, 0.25) is 5.02 Å². The van der Waals surface area contributed by atoms with E-state index in [1.54, 1.807) is 12.1 Å². The van der Waals surface area contributed by atoms with E-state index in [0.29, 0.717) is 28.5 Å². The summed E-state index contributed by atoms with van der Waals surface area (Å²) in [5, 5.41) is 18.7.